The first-order valence-corrected chi connectivity index (χ1v) is 8.71. The fraction of sp³-hybridized carbons (Fsp3) is 0.316. The highest BCUT2D eigenvalue weighted by molar-refractivity contribution is 6.32. The van der Waals surface area contributed by atoms with Crippen LogP contribution in [0.2, 0.25) is 5.02 Å². The summed E-state index contributed by atoms with van der Waals surface area (Å²) in [5, 5.41) is 3.10. The lowest BCUT2D eigenvalue weighted by molar-refractivity contribution is 0.0528. The number of primary amides is 1. The summed E-state index contributed by atoms with van der Waals surface area (Å²) in [5.41, 5.74) is 5.86. The smallest absolute Gasteiger partial charge is 0.407 e. The minimum Gasteiger partial charge on any atom is -0.444 e. The maximum Gasteiger partial charge on any atom is 0.407 e. The Morgan fingerprint density at radius 1 is 1.22 bits per heavy atom. The van der Waals surface area contributed by atoms with Gasteiger partial charge in [0.15, 0.2) is 0 Å². The molecule has 0 unspecified atom stereocenters. The Morgan fingerprint density at radius 3 is 2.52 bits per heavy atom. The Morgan fingerprint density at radius 2 is 1.96 bits per heavy atom. The topological polar surface area (TPSA) is 104 Å². The number of nitrogens with one attached hydrogen (secondary N) is 1. The summed E-state index contributed by atoms with van der Waals surface area (Å²) >= 11 is 6.25. The molecule has 0 atom stereocenters. The molecule has 0 saturated heterocycles. The monoisotopic (exact) mass is 391 g/mol. The van der Waals surface area contributed by atoms with Gasteiger partial charge in [0.1, 0.15) is 11.4 Å². The van der Waals surface area contributed by atoms with E-state index < -0.39 is 17.6 Å². The minimum absolute atomic E-state index is 0.293. The molecule has 0 aliphatic rings. The summed E-state index contributed by atoms with van der Waals surface area (Å²) in [5.74, 6) is 0.164. The summed E-state index contributed by atoms with van der Waals surface area (Å²) < 4.78 is 10.8. The summed E-state index contributed by atoms with van der Waals surface area (Å²) in [6, 6.07) is 8.38. The highest BCUT2D eigenvalue weighted by Gasteiger charge is 2.15. The molecule has 27 heavy (non-hydrogen) atoms. The lowest BCUT2D eigenvalue weighted by Crippen LogP contribution is -2.33. The molecule has 0 saturated carbocycles. The zero-order valence-corrected chi connectivity index (χ0v) is 16.2. The molecule has 7 nitrogen and oxygen atoms in total. The van der Waals surface area contributed by atoms with Crippen LogP contribution in [0.15, 0.2) is 36.5 Å². The van der Waals surface area contributed by atoms with E-state index in [2.05, 4.69) is 10.3 Å². The van der Waals surface area contributed by atoms with Crippen LogP contribution in [0.3, 0.4) is 0 Å². The molecule has 8 heteroatoms. The van der Waals surface area contributed by atoms with E-state index in [1.807, 2.05) is 6.07 Å². The molecule has 1 aromatic carbocycles. The number of amides is 2. The molecule has 1 heterocycles. The number of nitrogens with two attached hydrogens (primary N) is 1. The Balaban J connectivity index is 1.91. The molecule has 0 aliphatic heterocycles. The zero-order chi connectivity index (χ0) is 20.0. The standard InChI is InChI=1S/C19H22ClN3O4/c1-19(2,3)27-18(25)22-9-8-12-4-6-15(14(20)10-12)26-16-7-5-13(11-23-16)17(21)24/h4-7,10-11H,8-9H2,1-3H3,(H2,21,24)(H,22,25). The van der Waals surface area contributed by atoms with Crippen molar-refractivity contribution in [3.8, 4) is 11.6 Å². The number of alkyl carbamates (subject to hydrolysis) is 1. The van der Waals surface area contributed by atoms with E-state index in [1.165, 1.54) is 18.3 Å². The molecule has 2 rings (SSSR count). The van der Waals surface area contributed by atoms with Crippen molar-refractivity contribution in [1.82, 2.24) is 10.3 Å². The van der Waals surface area contributed by atoms with Gasteiger partial charge in [0.05, 0.1) is 10.6 Å². The SMILES string of the molecule is CC(C)(C)OC(=O)NCCc1ccc(Oc2ccc(C(N)=O)cn2)c(Cl)c1. The van der Waals surface area contributed by atoms with Gasteiger partial charge in [-0.25, -0.2) is 9.78 Å². The van der Waals surface area contributed by atoms with Crippen LogP contribution >= 0.6 is 11.6 Å². The number of hydrogen-bond acceptors (Lipinski definition) is 5. The molecule has 1 aromatic heterocycles. The number of carbonyl (C=O) groups is 2. The molecular weight excluding hydrogens is 370 g/mol. The van der Waals surface area contributed by atoms with Gasteiger partial charge < -0.3 is 20.5 Å². The highest BCUT2D eigenvalue weighted by Crippen LogP contribution is 2.29. The van der Waals surface area contributed by atoms with Crippen molar-refractivity contribution in [3.63, 3.8) is 0 Å². The van der Waals surface area contributed by atoms with E-state index in [0.717, 1.165) is 5.56 Å². The molecule has 144 valence electrons. The molecule has 0 radical (unpaired) electrons. The van der Waals surface area contributed by atoms with Gasteiger partial charge in [-0.05, 0) is 51.0 Å². The maximum atomic E-state index is 11.6. The predicted molar refractivity (Wildman–Crippen MR) is 102 cm³/mol. The third kappa shape index (κ3) is 6.79. The first-order valence-electron chi connectivity index (χ1n) is 8.33. The number of ether oxygens (including phenoxy) is 2. The van der Waals surface area contributed by atoms with Crippen molar-refractivity contribution < 1.29 is 19.1 Å². The van der Waals surface area contributed by atoms with Gasteiger partial charge in [0.25, 0.3) is 0 Å². The highest BCUT2D eigenvalue weighted by atomic mass is 35.5. The van der Waals surface area contributed by atoms with Gasteiger partial charge in [0.2, 0.25) is 11.8 Å². The maximum absolute atomic E-state index is 11.6. The Kier molecular flexibility index (Phi) is 6.63. The van der Waals surface area contributed by atoms with Crippen LogP contribution in [-0.2, 0) is 11.2 Å². The zero-order valence-electron chi connectivity index (χ0n) is 15.4. The van der Waals surface area contributed by atoms with Crippen molar-refractivity contribution in [2.75, 3.05) is 6.54 Å². The molecule has 0 spiro atoms. The average molecular weight is 392 g/mol. The quantitative estimate of drug-likeness (QED) is 0.781. The lowest BCUT2D eigenvalue weighted by atomic mass is 10.1. The lowest BCUT2D eigenvalue weighted by Gasteiger charge is -2.19. The summed E-state index contributed by atoms with van der Waals surface area (Å²) in [7, 11) is 0. The molecule has 0 bridgehead atoms. The summed E-state index contributed by atoms with van der Waals surface area (Å²) in [6.07, 6.45) is 1.46. The van der Waals surface area contributed by atoms with Crippen molar-refractivity contribution in [2.45, 2.75) is 32.8 Å². The van der Waals surface area contributed by atoms with E-state index in [9.17, 15) is 9.59 Å². The summed E-state index contributed by atoms with van der Waals surface area (Å²) in [6.45, 7) is 5.84. The van der Waals surface area contributed by atoms with Crippen LogP contribution in [-0.4, -0.2) is 29.1 Å². The van der Waals surface area contributed by atoms with Crippen molar-refractivity contribution in [3.05, 3.63) is 52.7 Å². The van der Waals surface area contributed by atoms with Crippen LogP contribution < -0.4 is 15.8 Å². The van der Waals surface area contributed by atoms with Gasteiger partial charge in [-0.3, -0.25) is 4.79 Å². The Bertz CT molecular complexity index is 817. The summed E-state index contributed by atoms with van der Waals surface area (Å²) in [4.78, 5) is 26.7. The molecule has 2 amide bonds. The number of hydrogen-bond donors (Lipinski definition) is 2. The second-order valence-electron chi connectivity index (χ2n) is 6.79. The van der Waals surface area contributed by atoms with E-state index in [0.29, 0.717) is 35.2 Å². The number of carbonyl (C=O) groups excluding carboxylic acids is 2. The number of pyridine rings is 1. The fourth-order valence-corrected chi connectivity index (χ4v) is 2.35. The number of halogens is 1. The van der Waals surface area contributed by atoms with Crippen LogP contribution in [0, 0.1) is 0 Å². The van der Waals surface area contributed by atoms with Crippen LogP contribution in [0.25, 0.3) is 0 Å². The third-order valence-electron chi connectivity index (χ3n) is 3.31. The molecule has 3 N–H and O–H groups in total. The van der Waals surface area contributed by atoms with Crippen molar-refractivity contribution in [1.29, 1.82) is 0 Å². The normalized spacial score (nSPS) is 11.0. The average Bonchev–Trinajstić information content (AvgIpc) is 2.56. The number of rotatable bonds is 6. The van der Waals surface area contributed by atoms with Crippen molar-refractivity contribution >= 4 is 23.6 Å². The van der Waals surface area contributed by atoms with E-state index >= 15 is 0 Å². The van der Waals surface area contributed by atoms with Crippen LogP contribution in [0.4, 0.5) is 4.79 Å². The number of benzene rings is 1. The van der Waals surface area contributed by atoms with Gasteiger partial charge in [0, 0.05) is 18.8 Å². The molecular formula is C19H22ClN3O4. The number of nitrogens with zero attached hydrogens (tertiary/aromatic N) is 1. The van der Waals surface area contributed by atoms with E-state index in [1.54, 1.807) is 32.9 Å². The fourth-order valence-electron chi connectivity index (χ4n) is 2.10. The van der Waals surface area contributed by atoms with Crippen LogP contribution in [0.5, 0.6) is 11.6 Å². The van der Waals surface area contributed by atoms with Crippen molar-refractivity contribution in [2.24, 2.45) is 5.73 Å². The van der Waals surface area contributed by atoms with Crippen LogP contribution in [0.1, 0.15) is 36.7 Å². The molecule has 0 aliphatic carbocycles. The molecule has 0 fully saturated rings. The second kappa shape index (κ2) is 8.73. The second-order valence-corrected chi connectivity index (χ2v) is 7.20. The third-order valence-corrected chi connectivity index (χ3v) is 3.61. The minimum atomic E-state index is -0.559. The van der Waals surface area contributed by atoms with Gasteiger partial charge in [-0.15, -0.1) is 0 Å². The predicted octanol–water partition coefficient (Wildman–Crippen LogP) is 3.69. The first-order chi connectivity index (χ1) is 12.6. The van der Waals surface area contributed by atoms with Gasteiger partial charge in [-0.1, -0.05) is 17.7 Å². The van der Waals surface area contributed by atoms with E-state index in [4.69, 9.17) is 26.8 Å². The Labute approximate surface area is 162 Å². The largest absolute Gasteiger partial charge is 0.444 e. The van der Waals surface area contributed by atoms with E-state index in [-0.39, 0.29) is 0 Å². The Hall–Kier alpha value is -2.80. The molecule has 2 aromatic rings. The number of aromatic nitrogens is 1. The van der Waals surface area contributed by atoms with Gasteiger partial charge in [-0.2, -0.15) is 0 Å². The first kappa shape index (κ1) is 20.5. The van der Waals surface area contributed by atoms with Gasteiger partial charge >= 0.3 is 6.09 Å².